The van der Waals surface area contributed by atoms with Crippen molar-refractivity contribution in [3.8, 4) is 6.07 Å². The zero-order chi connectivity index (χ0) is 11.3. The van der Waals surface area contributed by atoms with Crippen LogP contribution in [0.4, 0.5) is 4.39 Å². The molecule has 0 aromatic heterocycles. The SMILES string of the molecule is CC(CC#N)NCc1cc(F)ccc1Br. The monoisotopic (exact) mass is 270 g/mol. The highest BCUT2D eigenvalue weighted by molar-refractivity contribution is 9.10. The van der Waals surface area contributed by atoms with Gasteiger partial charge in [0.1, 0.15) is 5.82 Å². The fourth-order valence-corrected chi connectivity index (χ4v) is 1.56. The maximum Gasteiger partial charge on any atom is 0.123 e. The molecule has 0 bridgehead atoms. The van der Waals surface area contributed by atoms with Crippen LogP contribution in [0.25, 0.3) is 0 Å². The third-order valence-corrected chi connectivity index (χ3v) is 2.82. The van der Waals surface area contributed by atoms with Crippen molar-refractivity contribution >= 4 is 15.9 Å². The van der Waals surface area contributed by atoms with Crippen LogP contribution in [0.15, 0.2) is 22.7 Å². The van der Waals surface area contributed by atoms with Crippen molar-refractivity contribution in [2.24, 2.45) is 0 Å². The second-order valence-corrected chi connectivity index (χ2v) is 4.23. The number of hydrogen-bond acceptors (Lipinski definition) is 2. The normalized spacial score (nSPS) is 12.1. The Bertz CT molecular complexity index is 373. The zero-order valence-corrected chi connectivity index (χ0v) is 10.0. The third kappa shape index (κ3) is 3.98. The Balaban J connectivity index is 2.57. The summed E-state index contributed by atoms with van der Waals surface area (Å²) in [5.41, 5.74) is 0.861. The van der Waals surface area contributed by atoms with E-state index in [0.29, 0.717) is 13.0 Å². The van der Waals surface area contributed by atoms with Crippen molar-refractivity contribution in [3.05, 3.63) is 34.1 Å². The number of nitriles is 1. The molecule has 0 aliphatic heterocycles. The molecule has 0 aliphatic carbocycles. The standard InChI is InChI=1S/C11H12BrFN2/c1-8(4-5-14)15-7-9-6-10(13)2-3-11(9)12/h2-3,6,8,15H,4,7H2,1H3. The first-order chi connectivity index (χ1) is 7.13. The predicted molar refractivity (Wildman–Crippen MR) is 60.6 cm³/mol. The average Bonchev–Trinajstić information content (AvgIpc) is 2.20. The van der Waals surface area contributed by atoms with Crippen LogP contribution in [-0.4, -0.2) is 6.04 Å². The Morgan fingerprint density at radius 1 is 1.60 bits per heavy atom. The second kappa shape index (κ2) is 5.84. The molecule has 1 aromatic carbocycles. The molecule has 1 unspecified atom stereocenters. The lowest BCUT2D eigenvalue weighted by molar-refractivity contribution is 0.552. The van der Waals surface area contributed by atoms with E-state index >= 15 is 0 Å². The summed E-state index contributed by atoms with van der Waals surface area (Å²) < 4.78 is 13.8. The molecular weight excluding hydrogens is 259 g/mol. The molecular formula is C11H12BrFN2. The lowest BCUT2D eigenvalue weighted by Gasteiger charge is -2.11. The molecule has 1 aromatic rings. The van der Waals surface area contributed by atoms with E-state index in [0.717, 1.165) is 10.0 Å². The van der Waals surface area contributed by atoms with Crippen LogP contribution >= 0.6 is 15.9 Å². The summed E-state index contributed by atoms with van der Waals surface area (Å²) >= 11 is 3.35. The van der Waals surface area contributed by atoms with Gasteiger partial charge in [0.05, 0.1) is 12.5 Å². The van der Waals surface area contributed by atoms with Gasteiger partial charge >= 0.3 is 0 Å². The number of nitrogens with one attached hydrogen (secondary N) is 1. The Kier molecular flexibility index (Phi) is 4.73. The maximum absolute atomic E-state index is 12.9. The van der Waals surface area contributed by atoms with Crippen LogP contribution in [0.2, 0.25) is 0 Å². The van der Waals surface area contributed by atoms with E-state index in [1.54, 1.807) is 6.07 Å². The minimum atomic E-state index is -0.247. The average molecular weight is 271 g/mol. The molecule has 2 nitrogen and oxygen atoms in total. The highest BCUT2D eigenvalue weighted by Crippen LogP contribution is 2.17. The summed E-state index contributed by atoms with van der Waals surface area (Å²) in [5.74, 6) is -0.247. The molecule has 1 N–H and O–H groups in total. The number of hydrogen-bond donors (Lipinski definition) is 1. The Morgan fingerprint density at radius 3 is 3.00 bits per heavy atom. The van der Waals surface area contributed by atoms with Crippen LogP contribution < -0.4 is 5.32 Å². The van der Waals surface area contributed by atoms with Gasteiger partial charge in [0.2, 0.25) is 0 Å². The molecule has 0 radical (unpaired) electrons. The quantitative estimate of drug-likeness (QED) is 0.913. The Morgan fingerprint density at radius 2 is 2.33 bits per heavy atom. The first-order valence-corrected chi connectivity index (χ1v) is 5.47. The van der Waals surface area contributed by atoms with Gasteiger partial charge in [-0.15, -0.1) is 0 Å². The van der Waals surface area contributed by atoms with Crippen molar-refractivity contribution in [1.82, 2.24) is 5.32 Å². The molecule has 0 amide bonds. The van der Waals surface area contributed by atoms with Crippen LogP contribution in [-0.2, 0) is 6.54 Å². The predicted octanol–water partition coefficient (Wildman–Crippen LogP) is 2.98. The van der Waals surface area contributed by atoms with Crippen molar-refractivity contribution < 1.29 is 4.39 Å². The third-order valence-electron chi connectivity index (χ3n) is 2.05. The molecule has 0 aliphatic rings. The summed E-state index contributed by atoms with van der Waals surface area (Å²) in [5, 5.41) is 11.6. The van der Waals surface area contributed by atoms with E-state index in [-0.39, 0.29) is 11.9 Å². The first-order valence-electron chi connectivity index (χ1n) is 4.67. The van der Waals surface area contributed by atoms with Crippen LogP contribution in [0.3, 0.4) is 0 Å². The van der Waals surface area contributed by atoms with Crippen molar-refractivity contribution in [3.63, 3.8) is 0 Å². The summed E-state index contributed by atoms with van der Waals surface area (Å²) in [6, 6.07) is 6.77. The molecule has 0 fully saturated rings. The van der Waals surface area contributed by atoms with Gasteiger partial charge in [-0.2, -0.15) is 5.26 Å². The molecule has 0 saturated heterocycles. The van der Waals surface area contributed by atoms with E-state index in [2.05, 4.69) is 27.3 Å². The van der Waals surface area contributed by atoms with Crippen LogP contribution in [0.5, 0.6) is 0 Å². The molecule has 1 atom stereocenters. The van der Waals surface area contributed by atoms with Crippen molar-refractivity contribution in [1.29, 1.82) is 5.26 Å². The van der Waals surface area contributed by atoms with Crippen molar-refractivity contribution in [2.45, 2.75) is 25.9 Å². The second-order valence-electron chi connectivity index (χ2n) is 3.38. The van der Waals surface area contributed by atoms with E-state index < -0.39 is 0 Å². The van der Waals surface area contributed by atoms with Gasteiger partial charge in [-0.05, 0) is 30.7 Å². The minimum absolute atomic E-state index is 0.116. The number of benzene rings is 1. The molecule has 15 heavy (non-hydrogen) atoms. The summed E-state index contributed by atoms with van der Waals surface area (Å²) in [4.78, 5) is 0. The zero-order valence-electron chi connectivity index (χ0n) is 8.43. The smallest absolute Gasteiger partial charge is 0.123 e. The number of halogens is 2. The van der Waals surface area contributed by atoms with Crippen LogP contribution in [0.1, 0.15) is 18.9 Å². The van der Waals surface area contributed by atoms with E-state index in [1.807, 2.05) is 6.92 Å². The largest absolute Gasteiger partial charge is 0.309 e. The Labute approximate surface area is 97.2 Å². The molecule has 0 saturated carbocycles. The van der Waals surface area contributed by atoms with Gasteiger partial charge in [0, 0.05) is 17.1 Å². The highest BCUT2D eigenvalue weighted by Gasteiger charge is 2.04. The first kappa shape index (κ1) is 12.2. The number of nitrogens with zero attached hydrogens (tertiary/aromatic N) is 1. The van der Waals surface area contributed by atoms with Crippen molar-refractivity contribution in [2.75, 3.05) is 0 Å². The number of rotatable bonds is 4. The fraction of sp³-hybridized carbons (Fsp3) is 0.364. The fourth-order valence-electron chi connectivity index (χ4n) is 1.17. The van der Waals surface area contributed by atoms with Gasteiger partial charge in [0.25, 0.3) is 0 Å². The highest BCUT2D eigenvalue weighted by atomic mass is 79.9. The molecule has 0 spiro atoms. The minimum Gasteiger partial charge on any atom is -0.309 e. The van der Waals surface area contributed by atoms with E-state index in [9.17, 15) is 4.39 Å². The lowest BCUT2D eigenvalue weighted by atomic mass is 10.2. The topological polar surface area (TPSA) is 35.8 Å². The van der Waals surface area contributed by atoms with Gasteiger partial charge in [-0.3, -0.25) is 0 Å². The summed E-state index contributed by atoms with van der Waals surface area (Å²) in [6.45, 7) is 2.48. The molecule has 4 heteroatoms. The van der Waals surface area contributed by atoms with Gasteiger partial charge in [-0.25, -0.2) is 4.39 Å². The van der Waals surface area contributed by atoms with E-state index in [4.69, 9.17) is 5.26 Å². The lowest BCUT2D eigenvalue weighted by Crippen LogP contribution is -2.25. The summed E-state index contributed by atoms with van der Waals surface area (Å²) in [7, 11) is 0. The Hall–Kier alpha value is -0.920. The molecule has 80 valence electrons. The van der Waals surface area contributed by atoms with Gasteiger partial charge in [0.15, 0.2) is 0 Å². The van der Waals surface area contributed by atoms with E-state index in [1.165, 1.54) is 12.1 Å². The van der Waals surface area contributed by atoms with Gasteiger partial charge in [-0.1, -0.05) is 15.9 Å². The molecule has 0 heterocycles. The maximum atomic E-state index is 12.9. The van der Waals surface area contributed by atoms with Gasteiger partial charge < -0.3 is 5.32 Å². The van der Waals surface area contributed by atoms with Crippen LogP contribution in [0, 0.1) is 17.1 Å². The summed E-state index contributed by atoms with van der Waals surface area (Å²) in [6.07, 6.45) is 0.451. The molecule has 1 rings (SSSR count).